The maximum atomic E-state index is 12.3. The maximum absolute atomic E-state index is 12.3. The number of hydrogen-bond donors (Lipinski definition) is 1. The Balaban J connectivity index is 1.65. The smallest absolute Gasteiger partial charge is 0.317 e. The maximum Gasteiger partial charge on any atom is 0.317 e. The molecule has 2 aliphatic heterocycles. The summed E-state index contributed by atoms with van der Waals surface area (Å²) in [6.45, 7) is 5.00. The minimum Gasteiger partial charge on any atom is -0.490 e. The number of amides is 2. The molecule has 2 heterocycles. The summed E-state index contributed by atoms with van der Waals surface area (Å²) < 4.78 is 11.3. The number of hydrogen-bond acceptors (Lipinski definition) is 4. The number of fused-ring (bicyclic) bond motifs is 1. The first-order chi connectivity index (χ1) is 10.7. The third-order valence-corrected chi connectivity index (χ3v) is 4.85. The highest BCUT2D eigenvalue weighted by Crippen LogP contribution is 2.32. The van der Waals surface area contributed by atoms with Gasteiger partial charge in [-0.1, -0.05) is 6.07 Å². The van der Waals surface area contributed by atoms with Crippen LogP contribution in [0, 0.1) is 0 Å². The fourth-order valence-corrected chi connectivity index (χ4v) is 3.48. The summed E-state index contributed by atoms with van der Waals surface area (Å²) in [7, 11) is 0. The number of benzene rings is 1. The lowest BCUT2D eigenvalue weighted by atomic mass is 10.1. The van der Waals surface area contributed by atoms with Crippen LogP contribution in [-0.2, 0) is 0 Å². The average molecular weight is 322 g/mol. The van der Waals surface area contributed by atoms with Crippen molar-refractivity contribution in [3.8, 4) is 11.5 Å². The normalized spacial score (nSPS) is 19.2. The molecule has 0 aromatic heterocycles. The molecule has 2 amide bonds. The predicted molar refractivity (Wildman–Crippen MR) is 87.9 cm³/mol. The first kappa shape index (κ1) is 15.3. The second-order valence-corrected chi connectivity index (χ2v) is 6.75. The number of rotatable bonds is 2. The average Bonchev–Trinajstić information content (AvgIpc) is 2.80. The molecule has 0 spiro atoms. The fraction of sp³-hybridized carbons (Fsp3) is 0.562. The van der Waals surface area contributed by atoms with Gasteiger partial charge in [0.25, 0.3) is 0 Å². The lowest BCUT2D eigenvalue weighted by Gasteiger charge is -2.28. The van der Waals surface area contributed by atoms with E-state index in [1.54, 1.807) is 0 Å². The van der Waals surface area contributed by atoms with Gasteiger partial charge in [0.15, 0.2) is 11.5 Å². The minimum atomic E-state index is -0.0563. The summed E-state index contributed by atoms with van der Waals surface area (Å²) >= 11 is 1.90. The van der Waals surface area contributed by atoms with Crippen molar-refractivity contribution in [3.63, 3.8) is 0 Å². The van der Waals surface area contributed by atoms with Gasteiger partial charge in [0.2, 0.25) is 0 Å². The Morgan fingerprint density at radius 1 is 1.23 bits per heavy atom. The van der Waals surface area contributed by atoms with Crippen LogP contribution in [0.1, 0.15) is 24.9 Å². The molecule has 0 bridgehead atoms. The van der Waals surface area contributed by atoms with Crippen LogP contribution in [0.5, 0.6) is 11.5 Å². The molecule has 6 heteroatoms. The van der Waals surface area contributed by atoms with E-state index in [-0.39, 0.29) is 12.1 Å². The third kappa shape index (κ3) is 3.61. The van der Waals surface area contributed by atoms with E-state index < -0.39 is 0 Å². The number of thioether (sulfide) groups is 1. The molecule has 1 N–H and O–H groups in total. The Kier molecular flexibility index (Phi) is 4.97. The molecular weight excluding hydrogens is 300 g/mol. The molecule has 3 rings (SSSR count). The molecule has 120 valence electrons. The zero-order valence-electron chi connectivity index (χ0n) is 12.8. The van der Waals surface area contributed by atoms with Gasteiger partial charge in [0, 0.05) is 31.0 Å². The van der Waals surface area contributed by atoms with E-state index in [0.717, 1.165) is 48.1 Å². The van der Waals surface area contributed by atoms with Gasteiger partial charge in [-0.2, -0.15) is 11.8 Å². The zero-order valence-corrected chi connectivity index (χ0v) is 13.7. The van der Waals surface area contributed by atoms with Crippen molar-refractivity contribution >= 4 is 17.8 Å². The van der Waals surface area contributed by atoms with Crippen molar-refractivity contribution in [2.24, 2.45) is 0 Å². The van der Waals surface area contributed by atoms with Gasteiger partial charge >= 0.3 is 6.03 Å². The second kappa shape index (κ2) is 7.13. The van der Waals surface area contributed by atoms with Gasteiger partial charge in [-0.25, -0.2) is 4.79 Å². The second-order valence-electron chi connectivity index (χ2n) is 5.53. The van der Waals surface area contributed by atoms with Crippen LogP contribution in [0.2, 0.25) is 0 Å². The summed E-state index contributed by atoms with van der Waals surface area (Å²) in [4.78, 5) is 14.2. The number of ether oxygens (including phenoxy) is 2. The quantitative estimate of drug-likeness (QED) is 0.909. The van der Waals surface area contributed by atoms with E-state index in [1.807, 2.05) is 41.8 Å². The van der Waals surface area contributed by atoms with E-state index >= 15 is 0 Å². The largest absolute Gasteiger partial charge is 0.490 e. The van der Waals surface area contributed by atoms with E-state index in [0.29, 0.717) is 13.2 Å². The Labute approximate surface area is 135 Å². The van der Waals surface area contributed by atoms with Crippen LogP contribution in [0.15, 0.2) is 18.2 Å². The fourth-order valence-electron chi connectivity index (χ4n) is 2.58. The van der Waals surface area contributed by atoms with Crippen molar-refractivity contribution in [2.45, 2.75) is 19.4 Å². The summed E-state index contributed by atoms with van der Waals surface area (Å²) in [5, 5.41) is 3.07. The summed E-state index contributed by atoms with van der Waals surface area (Å²) in [5.74, 6) is 3.59. The summed E-state index contributed by atoms with van der Waals surface area (Å²) in [6, 6.07) is 5.84. The molecule has 0 saturated carbocycles. The van der Waals surface area contributed by atoms with Crippen molar-refractivity contribution < 1.29 is 14.3 Å². The predicted octanol–water partition coefficient (Wildman–Crippen LogP) is 2.67. The molecule has 1 aromatic carbocycles. The third-order valence-electron chi connectivity index (χ3n) is 3.91. The van der Waals surface area contributed by atoms with Crippen molar-refractivity contribution in [3.05, 3.63) is 23.8 Å². The van der Waals surface area contributed by atoms with Crippen molar-refractivity contribution in [1.82, 2.24) is 10.2 Å². The van der Waals surface area contributed by atoms with Crippen molar-refractivity contribution in [2.75, 3.05) is 37.8 Å². The molecule has 1 atom stereocenters. The molecule has 0 radical (unpaired) electrons. The van der Waals surface area contributed by atoms with Gasteiger partial charge < -0.3 is 19.7 Å². The zero-order chi connectivity index (χ0) is 15.4. The molecule has 2 aliphatic rings. The highest BCUT2D eigenvalue weighted by molar-refractivity contribution is 7.99. The van der Waals surface area contributed by atoms with Crippen LogP contribution in [0.25, 0.3) is 0 Å². The first-order valence-electron chi connectivity index (χ1n) is 7.77. The number of carbonyl (C=O) groups is 1. The molecule has 1 fully saturated rings. The molecule has 1 unspecified atom stereocenters. The van der Waals surface area contributed by atoms with Crippen molar-refractivity contribution in [1.29, 1.82) is 0 Å². The van der Waals surface area contributed by atoms with E-state index in [4.69, 9.17) is 9.47 Å². The standard InChI is InChI=1S/C16H22N2O3S/c1-12(17-16(19)18-5-9-22-10-6-18)13-3-4-14-15(11-13)21-8-2-7-20-14/h3-4,11-12H,2,5-10H2,1H3,(H,17,19). The summed E-state index contributed by atoms with van der Waals surface area (Å²) in [5.41, 5.74) is 1.03. The number of urea groups is 1. The topological polar surface area (TPSA) is 50.8 Å². The SMILES string of the molecule is CC(NC(=O)N1CCSCC1)c1ccc2c(c1)OCCCO2. The van der Waals surface area contributed by atoms with E-state index in [9.17, 15) is 4.79 Å². The van der Waals surface area contributed by atoms with Gasteiger partial charge in [0.05, 0.1) is 19.3 Å². The van der Waals surface area contributed by atoms with Gasteiger partial charge in [-0.15, -0.1) is 0 Å². The molecule has 1 saturated heterocycles. The van der Waals surface area contributed by atoms with Gasteiger partial charge in [-0.05, 0) is 24.6 Å². The number of nitrogens with one attached hydrogen (secondary N) is 1. The van der Waals surface area contributed by atoms with E-state index in [2.05, 4.69) is 5.32 Å². The summed E-state index contributed by atoms with van der Waals surface area (Å²) in [6.07, 6.45) is 0.892. The Hall–Kier alpha value is -1.56. The Morgan fingerprint density at radius 2 is 1.95 bits per heavy atom. The number of nitrogens with zero attached hydrogens (tertiary/aromatic N) is 1. The Morgan fingerprint density at radius 3 is 2.73 bits per heavy atom. The first-order valence-corrected chi connectivity index (χ1v) is 8.92. The lowest BCUT2D eigenvalue weighted by molar-refractivity contribution is 0.199. The van der Waals surface area contributed by atoms with Gasteiger partial charge in [0.1, 0.15) is 0 Å². The van der Waals surface area contributed by atoms with E-state index in [1.165, 1.54) is 0 Å². The molecule has 5 nitrogen and oxygen atoms in total. The molecule has 1 aromatic rings. The highest BCUT2D eigenvalue weighted by Gasteiger charge is 2.20. The van der Waals surface area contributed by atoms with Crippen LogP contribution in [0.3, 0.4) is 0 Å². The lowest BCUT2D eigenvalue weighted by Crippen LogP contribution is -2.45. The van der Waals surface area contributed by atoms with Crippen LogP contribution in [0.4, 0.5) is 4.79 Å². The minimum absolute atomic E-state index is 0.0138. The monoisotopic (exact) mass is 322 g/mol. The number of carbonyl (C=O) groups excluding carboxylic acids is 1. The van der Waals surface area contributed by atoms with Gasteiger partial charge in [-0.3, -0.25) is 0 Å². The van der Waals surface area contributed by atoms with Crippen LogP contribution in [-0.4, -0.2) is 48.7 Å². The van der Waals surface area contributed by atoms with Crippen LogP contribution < -0.4 is 14.8 Å². The van der Waals surface area contributed by atoms with Crippen LogP contribution >= 0.6 is 11.8 Å². The molecule has 0 aliphatic carbocycles. The Bertz CT molecular complexity index is 532. The molecular formula is C16H22N2O3S. The molecule has 22 heavy (non-hydrogen) atoms. The highest BCUT2D eigenvalue weighted by atomic mass is 32.2.